The van der Waals surface area contributed by atoms with Gasteiger partial charge in [-0.25, -0.2) is 5.84 Å². The van der Waals surface area contributed by atoms with Crippen molar-refractivity contribution in [2.24, 2.45) is 11.8 Å². The highest BCUT2D eigenvalue weighted by molar-refractivity contribution is 5.82. The number of nitrogens with one attached hydrogen (secondary N) is 1. The van der Waals surface area contributed by atoms with Crippen LogP contribution in [0.1, 0.15) is 26.7 Å². The summed E-state index contributed by atoms with van der Waals surface area (Å²) in [5, 5.41) is 0. The minimum Gasteiger partial charge on any atom is -0.374 e. The van der Waals surface area contributed by atoms with E-state index in [9.17, 15) is 9.59 Å². The molecule has 0 aromatic rings. The lowest BCUT2D eigenvalue weighted by Crippen LogP contribution is -2.45. The van der Waals surface area contributed by atoms with Crippen molar-refractivity contribution in [1.82, 2.24) is 5.43 Å². The third-order valence-corrected chi connectivity index (χ3v) is 3.62. The predicted octanol–water partition coefficient (Wildman–Crippen LogP) is -0.508. The molecule has 3 N–H and O–H groups in total. The van der Waals surface area contributed by atoms with Gasteiger partial charge in [-0.3, -0.25) is 15.0 Å². The van der Waals surface area contributed by atoms with Crippen molar-refractivity contribution in [2.75, 3.05) is 13.2 Å². The number of ether oxygens (including phenoxy) is 3. The second-order valence-electron chi connectivity index (χ2n) is 5.19. The van der Waals surface area contributed by atoms with Gasteiger partial charge in [0.05, 0.1) is 25.7 Å². The Kier molecular flexibility index (Phi) is 4.19. The van der Waals surface area contributed by atoms with Crippen LogP contribution in [0, 0.1) is 5.92 Å². The highest BCUT2D eigenvalue weighted by Gasteiger charge is 2.46. The van der Waals surface area contributed by atoms with Crippen LogP contribution in [0.2, 0.25) is 0 Å². The number of carbonyl (C=O) groups is 2. The van der Waals surface area contributed by atoms with E-state index in [1.54, 1.807) is 6.92 Å². The molecule has 2 rings (SSSR count). The van der Waals surface area contributed by atoms with Crippen LogP contribution < -0.4 is 11.3 Å². The van der Waals surface area contributed by atoms with Crippen molar-refractivity contribution >= 4 is 11.7 Å². The van der Waals surface area contributed by atoms with Crippen molar-refractivity contribution in [3.05, 3.63) is 0 Å². The molecule has 19 heavy (non-hydrogen) atoms. The third kappa shape index (κ3) is 3.11. The number of hydrogen-bond donors (Lipinski definition) is 2. The summed E-state index contributed by atoms with van der Waals surface area (Å²) in [4.78, 5) is 23.0. The number of rotatable bonds is 3. The summed E-state index contributed by atoms with van der Waals surface area (Å²) in [6, 6.07) is 0. The maximum Gasteiger partial charge on any atom is 0.239 e. The monoisotopic (exact) mass is 272 g/mol. The van der Waals surface area contributed by atoms with Gasteiger partial charge in [0, 0.05) is 12.3 Å². The molecule has 0 aromatic carbocycles. The minimum atomic E-state index is -1.02. The molecule has 2 heterocycles. The van der Waals surface area contributed by atoms with E-state index in [4.69, 9.17) is 20.1 Å². The van der Waals surface area contributed by atoms with Crippen LogP contribution >= 0.6 is 0 Å². The van der Waals surface area contributed by atoms with E-state index in [1.807, 2.05) is 12.3 Å². The normalized spacial score (nSPS) is 39.3. The number of hydrogen-bond acceptors (Lipinski definition) is 6. The highest BCUT2D eigenvalue weighted by Crippen LogP contribution is 2.32. The topological polar surface area (TPSA) is 99.9 Å². The van der Waals surface area contributed by atoms with Crippen molar-refractivity contribution in [3.63, 3.8) is 0 Å². The quantitative estimate of drug-likeness (QED) is 0.408. The Labute approximate surface area is 111 Å². The third-order valence-electron chi connectivity index (χ3n) is 3.62. The van der Waals surface area contributed by atoms with Crippen molar-refractivity contribution in [1.29, 1.82) is 0 Å². The maximum atomic E-state index is 11.7. The number of hydrazine groups is 1. The average molecular weight is 272 g/mol. The van der Waals surface area contributed by atoms with Gasteiger partial charge in [0.25, 0.3) is 0 Å². The van der Waals surface area contributed by atoms with Crippen molar-refractivity contribution in [3.8, 4) is 0 Å². The first-order valence-electron chi connectivity index (χ1n) is 6.41. The van der Waals surface area contributed by atoms with Crippen molar-refractivity contribution in [2.45, 2.75) is 44.7 Å². The zero-order valence-corrected chi connectivity index (χ0v) is 11.2. The van der Waals surface area contributed by atoms with E-state index >= 15 is 0 Å². The van der Waals surface area contributed by atoms with Gasteiger partial charge in [0.15, 0.2) is 5.79 Å². The second kappa shape index (κ2) is 5.54. The van der Waals surface area contributed by atoms with Crippen LogP contribution in [-0.4, -0.2) is 42.9 Å². The van der Waals surface area contributed by atoms with Crippen LogP contribution in [0.25, 0.3) is 0 Å². The van der Waals surface area contributed by atoms with E-state index in [1.165, 1.54) is 0 Å². The number of carbonyl (C=O) groups excluding carboxylic acids is 2. The largest absolute Gasteiger partial charge is 0.374 e. The van der Waals surface area contributed by atoms with Gasteiger partial charge in [-0.05, 0) is 6.92 Å². The Balaban J connectivity index is 1.97. The fourth-order valence-electron chi connectivity index (χ4n) is 2.52. The lowest BCUT2D eigenvalue weighted by molar-refractivity contribution is -0.186. The molecular formula is C12H20N2O5. The first-order chi connectivity index (χ1) is 8.95. The molecule has 4 unspecified atom stereocenters. The van der Waals surface area contributed by atoms with Crippen LogP contribution in [0.4, 0.5) is 0 Å². The second-order valence-corrected chi connectivity index (χ2v) is 5.19. The summed E-state index contributed by atoms with van der Waals surface area (Å²) in [6.07, 6.45) is -0.202. The fourth-order valence-corrected chi connectivity index (χ4v) is 2.52. The van der Waals surface area contributed by atoms with E-state index in [0.29, 0.717) is 19.6 Å². The molecule has 2 fully saturated rings. The summed E-state index contributed by atoms with van der Waals surface area (Å²) in [7, 11) is 0. The Morgan fingerprint density at radius 2 is 2.32 bits per heavy atom. The average Bonchev–Trinajstić information content (AvgIpc) is 2.74. The summed E-state index contributed by atoms with van der Waals surface area (Å²) >= 11 is 0. The Morgan fingerprint density at radius 3 is 3.00 bits per heavy atom. The van der Waals surface area contributed by atoms with Crippen LogP contribution in [0.3, 0.4) is 0 Å². The molecule has 2 saturated heterocycles. The fraction of sp³-hybridized carbons (Fsp3) is 0.833. The van der Waals surface area contributed by atoms with E-state index in [2.05, 4.69) is 0 Å². The van der Waals surface area contributed by atoms with Gasteiger partial charge in [-0.2, -0.15) is 0 Å². The van der Waals surface area contributed by atoms with Crippen LogP contribution in [0.15, 0.2) is 0 Å². The number of ketones is 1. The number of nitrogens with two attached hydrogens (primary N) is 1. The summed E-state index contributed by atoms with van der Waals surface area (Å²) < 4.78 is 16.9. The first-order valence-corrected chi connectivity index (χ1v) is 6.41. The molecule has 2 aliphatic heterocycles. The standard InChI is InChI=1S/C12H20N2O5/c1-7-8(15)3-4-17-11(7)9-6-18-12(2,19-9)5-10(16)14-13/h7,9,11H,3-6,13H2,1-2H3,(H,14,16). The van der Waals surface area contributed by atoms with Gasteiger partial charge in [0.1, 0.15) is 11.9 Å². The Morgan fingerprint density at radius 1 is 1.58 bits per heavy atom. The van der Waals surface area contributed by atoms with E-state index in [-0.39, 0.29) is 36.2 Å². The summed E-state index contributed by atoms with van der Waals surface area (Å²) in [5.41, 5.74) is 2.04. The molecule has 0 bridgehead atoms. The molecule has 1 amide bonds. The molecule has 0 aliphatic carbocycles. The van der Waals surface area contributed by atoms with Gasteiger partial charge in [0.2, 0.25) is 5.91 Å². The maximum absolute atomic E-state index is 11.7. The van der Waals surface area contributed by atoms with E-state index < -0.39 is 5.79 Å². The molecule has 108 valence electrons. The van der Waals surface area contributed by atoms with E-state index in [0.717, 1.165) is 0 Å². The molecular weight excluding hydrogens is 252 g/mol. The minimum absolute atomic E-state index is 0.00898. The summed E-state index contributed by atoms with van der Waals surface area (Å²) in [6.45, 7) is 4.22. The zero-order valence-electron chi connectivity index (χ0n) is 11.2. The molecule has 2 aliphatic rings. The van der Waals surface area contributed by atoms with Gasteiger partial charge < -0.3 is 14.2 Å². The Hall–Kier alpha value is -1.02. The Bertz CT molecular complexity index is 375. The molecule has 0 saturated carbocycles. The van der Waals surface area contributed by atoms with Crippen LogP contribution in [-0.2, 0) is 23.8 Å². The predicted molar refractivity (Wildman–Crippen MR) is 64.7 cm³/mol. The summed E-state index contributed by atoms with van der Waals surface area (Å²) in [5.74, 6) is 3.63. The molecule has 0 aromatic heterocycles. The molecule has 7 heteroatoms. The van der Waals surface area contributed by atoms with Gasteiger partial charge in [-0.1, -0.05) is 6.92 Å². The molecule has 0 spiro atoms. The van der Waals surface area contributed by atoms with Crippen molar-refractivity contribution < 1.29 is 23.8 Å². The SMILES string of the molecule is CC1C(=O)CCOC1C1COC(C)(CC(=O)NN)O1. The lowest BCUT2D eigenvalue weighted by atomic mass is 9.91. The molecule has 4 atom stereocenters. The smallest absolute Gasteiger partial charge is 0.239 e. The van der Waals surface area contributed by atoms with Gasteiger partial charge in [-0.15, -0.1) is 0 Å². The lowest BCUT2D eigenvalue weighted by Gasteiger charge is -2.32. The van der Waals surface area contributed by atoms with Gasteiger partial charge >= 0.3 is 0 Å². The first kappa shape index (κ1) is 14.4. The number of amides is 1. The highest BCUT2D eigenvalue weighted by atomic mass is 16.8. The van der Waals surface area contributed by atoms with Crippen LogP contribution in [0.5, 0.6) is 0 Å². The molecule has 0 radical (unpaired) electrons. The zero-order chi connectivity index (χ0) is 14.0. The number of Topliss-reactive ketones (excluding diaryl/α,β-unsaturated/α-hetero) is 1. The molecule has 7 nitrogen and oxygen atoms in total.